The number of hydrogen-bond acceptors (Lipinski definition) is 1. The molecule has 102 valence electrons. The van der Waals surface area contributed by atoms with Gasteiger partial charge in [-0.15, -0.1) is 0 Å². The Bertz CT molecular complexity index is 463. The number of aliphatic carboxylic acids is 1. The van der Waals surface area contributed by atoms with Gasteiger partial charge in [0.05, 0.1) is 0 Å². The van der Waals surface area contributed by atoms with Crippen LogP contribution < -0.4 is 0 Å². The van der Waals surface area contributed by atoms with Crippen molar-refractivity contribution >= 4 is 5.97 Å². The molecule has 1 aliphatic rings. The molecule has 19 heavy (non-hydrogen) atoms. The molecule has 0 unspecified atom stereocenters. The molecule has 0 saturated heterocycles. The Morgan fingerprint density at radius 1 is 1.16 bits per heavy atom. The third-order valence-corrected chi connectivity index (χ3v) is 4.27. The van der Waals surface area contributed by atoms with E-state index >= 15 is 0 Å². The van der Waals surface area contributed by atoms with E-state index in [-0.39, 0.29) is 5.92 Å². The van der Waals surface area contributed by atoms with Gasteiger partial charge in [0, 0.05) is 5.57 Å². The van der Waals surface area contributed by atoms with Gasteiger partial charge in [0.25, 0.3) is 0 Å². The lowest BCUT2D eigenvalue weighted by atomic mass is 9.76. The van der Waals surface area contributed by atoms with Gasteiger partial charge in [-0.2, -0.15) is 0 Å². The largest absolute Gasteiger partial charge is 0.478 e. The predicted molar refractivity (Wildman–Crippen MR) is 77.3 cm³/mol. The van der Waals surface area contributed by atoms with Crippen LogP contribution in [0, 0.1) is 12.8 Å². The third kappa shape index (κ3) is 3.25. The molecule has 1 aliphatic carbocycles. The summed E-state index contributed by atoms with van der Waals surface area (Å²) in [4.78, 5) is 11.2. The summed E-state index contributed by atoms with van der Waals surface area (Å²) in [5, 5.41) is 9.17. The van der Waals surface area contributed by atoms with Crippen molar-refractivity contribution in [2.24, 2.45) is 5.92 Å². The summed E-state index contributed by atoms with van der Waals surface area (Å²) in [6.45, 7) is 3.93. The van der Waals surface area contributed by atoms with Crippen molar-refractivity contribution in [3.05, 3.63) is 47.0 Å². The van der Waals surface area contributed by atoms with E-state index in [2.05, 4.69) is 31.2 Å². The number of aryl methyl sites for hydroxylation is 1. The van der Waals surface area contributed by atoms with E-state index in [9.17, 15) is 9.90 Å². The van der Waals surface area contributed by atoms with E-state index in [0.717, 1.165) is 25.7 Å². The molecule has 1 aromatic carbocycles. The fraction of sp³-hybridized carbons (Fsp3) is 0.471. The van der Waals surface area contributed by atoms with Gasteiger partial charge in [0.1, 0.15) is 0 Å². The summed E-state index contributed by atoms with van der Waals surface area (Å²) >= 11 is 0. The number of allylic oxidation sites excluding steroid dienone is 1. The normalized spacial score (nSPS) is 24.2. The molecule has 1 fully saturated rings. The van der Waals surface area contributed by atoms with E-state index < -0.39 is 5.97 Å². The van der Waals surface area contributed by atoms with E-state index in [4.69, 9.17) is 0 Å². The SMILES string of the molecule is CC=C(C(=O)O)[C@H]1CC[C@H](c2ccc(C)cc2)CC1. The van der Waals surface area contributed by atoms with Crippen LogP contribution in [0.1, 0.15) is 49.7 Å². The Morgan fingerprint density at radius 2 is 1.74 bits per heavy atom. The van der Waals surface area contributed by atoms with Crippen LogP contribution in [0.15, 0.2) is 35.9 Å². The number of hydrogen-bond donors (Lipinski definition) is 1. The van der Waals surface area contributed by atoms with Crippen LogP contribution >= 0.6 is 0 Å². The maximum absolute atomic E-state index is 11.2. The maximum Gasteiger partial charge on any atom is 0.331 e. The molecule has 0 amide bonds. The van der Waals surface area contributed by atoms with Gasteiger partial charge in [0.15, 0.2) is 0 Å². The number of carboxylic acids is 1. The highest BCUT2D eigenvalue weighted by Gasteiger charge is 2.27. The summed E-state index contributed by atoms with van der Waals surface area (Å²) < 4.78 is 0. The molecule has 1 saturated carbocycles. The average Bonchev–Trinajstić information content (AvgIpc) is 2.41. The molecule has 0 aliphatic heterocycles. The Balaban J connectivity index is 1.99. The van der Waals surface area contributed by atoms with Crippen LogP contribution in [0.4, 0.5) is 0 Å². The fourth-order valence-electron chi connectivity index (χ4n) is 3.11. The molecular weight excluding hydrogens is 236 g/mol. The number of carboxylic acid groups (broad SMARTS) is 1. The minimum Gasteiger partial charge on any atom is -0.478 e. The zero-order chi connectivity index (χ0) is 13.8. The van der Waals surface area contributed by atoms with Gasteiger partial charge >= 0.3 is 5.97 Å². The molecule has 2 nitrogen and oxygen atoms in total. The van der Waals surface area contributed by atoms with Crippen LogP contribution in [0.3, 0.4) is 0 Å². The Morgan fingerprint density at radius 3 is 2.21 bits per heavy atom. The first kappa shape index (κ1) is 13.9. The minimum absolute atomic E-state index is 0.240. The third-order valence-electron chi connectivity index (χ3n) is 4.27. The van der Waals surface area contributed by atoms with Gasteiger partial charge in [0.2, 0.25) is 0 Å². The van der Waals surface area contributed by atoms with Crippen LogP contribution in [-0.4, -0.2) is 11.1 Å². The number of benzene rings is 1. The summed E-state index contributed by atoms with van der Waals surface area (Å²) in [5.41, 5.74) is 3.29. The van der Waals surface area contributed by atoms with Crippen LogP contribution in [0.5, 0.6) is 0 Å². The molecule has 2 rings (SSSR count). The van der Waals surface area contributed by atoms with Crippen molar-refractivity contribution in [1.82, 2.24) is 0 Å². The Kier molecular flexibility index (Phi) is 4.41. The summed E-state index contributed by atoms with van der Waals surface area (Å²) in [5.74, 6) is 0.0919. The van der Waals surface area contributed by atoms with Crippen LogP contribution in [0.2, 0.25) is 0 Å². The van der Waals surface area contributed by atoms with Crippen LogP contribution in [-0.2, 0) is 4.79 Å². The quantitative estimate of drug-likeness (QED) is 0.821. The lowest BCUT2D eigenvalue weighted by Gasteiger charge is -2.29. The van der Waals surface area contributed by atoms with Crippen molar-refractivity contribution in [3.8, 4) is 0 Å². The van der Waals surface area contributed by atoms with Gasteiger partial charge in [-0.05, 0) is 56.9 Å². The van der Waals surface area contributed by atoms with Gasteiger partial charge < -0.3 is 5.11 Å². The van der Waals surface area contributed by atoms with Gasteiger partial charge in [-0.3, -0.25) is 0 Å². The lowest BCUT2D eigenvalue weighted by Crippen LogP contribution is -2.19. The lowest BCUT2D eigenvalue weighted by molar-refractivity contribution is -0.133. The zero-order valence-electron chi connectivity index (χ0n) is 11.7. The molecule has 1 aromatic rings. The second-order valence-electron chi connectivity index (χ2n) is 5.51. The zero-order valence-corrected chi connectivity index (χ0v) is 11.7. The van der Waals surface area contributed by atoms with E-state index in [0.29, 0.717) is 11.5 Å². The predicted octanol–water partition coefficient (Wildman–Crippen LogP) is 4.30. The second kappa shape index (κ2) is 6.05. The molecular formula is C17H22O2. The van der Waals surface area contributed by atoms with Crippen molar-refractivity contribution < 1.29 is 9.90 Å². The highest BCUT2D eigenvalue weighted by Crippen LogP contribution is 2.38. The molecule has 0 heterocycles. The van der Waals surface area contributed by atoms with Crippen molar-refractivity contribution in [3.63, 3.8) is 0 Å². The van der Waals surface area contributed by atoms with Crippen molar-refractivity contribution in [2.75, 3.05) is 0 Å². The highest BCUT2D eigenvalue weighted by atomic mass is 16.4. The number of rotatable bonds is 3. The molecule has 2 heteroatoms. The molecule has 1 N–H and O–H groups in total. The van der Waals surface area contributed by atoms with Crippen molar-refractivity contribution in [1.29, 1.82) is 0 Å². The summed E-state index contributed by atoms with van der Waals surface area (Å²) in [6, 6.07) is 8.76. The van der Waals surface area contributed by atoms with E-state index in [1.807, 2.05) is 6.92 Å². The molecule has 0 radical (unpaired) electrons. The number of carbonyl (C=O) groups is 1. The van der Waals surface area contributed by atoms with E-state index in [1.54, 1.807) is 6.08 Å². The fourth-order valence-corrected chi connectivity index (χ4v) is 3.11. The van der Waals surface area contributed by atoms with Crippen LogP contribution in [0.25, 0.3) is 0 Å². The maximum atomic E-state index is 11.2. The molecule has 0 atom stereocenters. The highest BCUT2D eigenvalue weighted by molar-refractivity contribution is 5.87. The topological polar surface area (TPSA) is 37.3 Å². The van der Waals surface area contributed by atoms with Gasteiger partial charge in [-0.25, -0.2) is 4.79 Å². The first-order chi connectivity index (χ1) is 9.11. The minimum atomic E-state index is -0.749. The van der Waals surface area contributed by atoms with Crippen molar-refractivity contribution in [2.45, 2.75) is 45.4 Å². The first-order valence-electron chi connectivity index (χ1n) is 7.08. The Labute approximate surface area is 115 Å². The second-order valence-corrected chi connectivity index (χ2v) is 5.51. The molecule has 0 bridgehead atoms. The average molecular weight is 258 g/mol. The standard InChI is InChI=1S/C17H22O2/c1-3-16(17(18)19)15-10-8-14(9-11-15)13-6-4-12(2)5-7-13/h3-7,14-15H,8-11H2,1-2H3,(H,18,19)/t14-,15-. The smallest absolute Gasteiger partial charge is 0.331 e. The summed E-state index contributed by atoms with van der Waals surface area (Å²) in [6.07, 6.45) is 5.94. The first-order valence-corrected chi connectivity index (χ1v) is 7.08. The van der Waals surface area contributed by atoms with E-state index in [1.165, 1.54) is 11.1 Å². The molecule has 0 aromatic heterocycles. The molecule has 0 spiro atoms. The van der Waals surface area contributed by atoms with Gasteiger partial charge in [-0.1, -0.05) is 35.9 Å². The summed E-state index contributed by atoms with van der Waals surface area (Å²) in [7, 11) is 0. The monoisotopic (exact) mass is 258 g/mol. The Hall–Kier alpha value is -1.57.